The number of halogens is 1. The van der Waals surface area contributed by atoms with Gasteiger partial charge in [-0.1, -0.05) is 46.2 Å². The smallest absolute Gasteiger partial charge is 0.272 e. The molecule has 0 fully saturated rings. The second-order valence-corrected chi connectivity index (χ2v) is 9.18. The van der Waals surface area contributed by atoms with Crippen LogP contribution in [0.2, 0.25) is 0 Å². The van der Waals surface area contributed by atoms with Gasteiger partial charge in [-0.05, 0) is 30.5 Å². The van der Waals surface area contributed by atoms with Crippen molar-refractivity contribution >= 4 is 11.7 Å². The molecule has 0 radical (unpaired) electrons. The zero-order valence-electron chi connectivity index (χ0n) is 22.0. The third-order valence-corrected chi connectivity index (χ3v) is 6.18. The summed E-state index contributed by atoms with van der Waals surface area (Å²) in [6.07, 6.45) is 2.63. The van der Waals surface area contributed by atoms with Gasteiger partial charge in [0, 0.05) is 32.4 Å². The quantitative estimate of drug-likeness (QED) is 0.234. The number of hydrogen-bond donors (Lipinski definition) is 1. The molecule has 9 heteroatoms. The van der Waals surface area contributed by atoms with Crippen LogP contribution in [0.1, 0.15) is 73.4 Å². The van der Waals surface area contributed by atoms with Crippen LogP contribution in [0, 0.1) is 11.2 Å². The summed E-state index contributed by atoms with van der Waals surface area (Å²) in [6.45, 7) is 7.73. The lowest BCUT2D eigenvalue weighted by Crippen LogP contribution is -2.36. The number of amides is 1. The zero-order chi connectivity index (χ0) is 26.9. The van der Waals surface area contributed by atoms with E-state index in [2.05, 4.69) is 5.32 Å². The van der Waals surface area contributed by atoms with E-state index < -0.39 is 23.0 Å². The average molecular weight is 505 g/mol. The Morgan fingerprint density at radius 1 is 1.11 bits per heavy atom. The standard InChI is InChI=1S/C27H37FN2O6/c1-7-9-14-36-24-22(26(33)29-15-18-10-12-19(28)13-11-18)30(17-21(34-5)35-6)16-20(23(24)31)25(32)27(3,4)8-2/h10-13,16,21H,7-9,14-15,17H2,1-6H3,(H,29,33). The first kappa shape index (κ1) is 29.2. The molecule has 0 unspecified atom stereocenters. The molecule has 1 aromatic heterocycles. The van der Waals surface area contributed by atoms with Crippen LogP contribution < -0.4 is 15.5 Å². The van der Waals surface area contributed by atoms with Crippen molar-refractivity contribution in [2.45, 2.75) is 66.3 Å². The SMILES string of the molecule is CCCCOc1c(C(=O)NCc2ccc(F)cc2)n(CC(OC)OC)cc(C(=O)C(C)(C)CC)c1=O. The van der Waals surface area contributed by atoms with Gasteiger partial charge in [-0.25, -0.2) is 4.39 Å². The second kappa shape index (κ2) is 13.3. The first-order chi connectivity index (χ1) is 17.1. The van der Waals surface area contributed by atoms with Crippen LogP contribution in [0.5, 0.6) is 5.75 Å². The molecule has 2 aromatic rings. The average Bonchev–Trinajstić information content (AvgIpc) is 2.87. The van der Waals surface area contributed by atoms with Crippen molar-refractivity contribution in [2.75, 3.05) is 20.8 Å². The molecule has 0 aliphatic rings. The van der Waals surface area contributed by atoms with E-state index in [1.54, 1.807) is 26.0 Å². The van der Waals surface area contributed by atoms with Crippen molar-refractivity contribution in [1.82, 2.24) is 9.88 Å². The second-order valence-electron chi connectivity index (χ2n) is 9.18. The highest BCUT2D eigenvalue weighted by Crippen LogP contribution is 2.27. The number of pyridine rings is 1. The Morgan fingerprint density at radius 2 is 1.75 bits per heavy atom. The molecule has 2 rings (SSSR count). The Labute approximate surface area is 211 Å². The molecule has 0 atom stereocenters. The molecule has 0 aliphatic heterocycles. The van der Waals surface area contributed by atoms with Crippen molar-refractivity contribution in [3.05, 3.63) is 63.3 Å². The number of carbonyl (C=O) groups excluding carboxylic acids is 2. The molecule has 0 saturated heterocycles. The summed E-state index contributed by atoms with van der Waals surface area (Å²) in [6, 6.07) is 5.71. The van der Waals surface area contributed by atoms with Crippen molar-refractivity contribution in [3.63, 3.8) is 0 Å². The Balaban J connectivity index is 2.63. The van der Waals surface area contributed by atoms with Gasteiger partial charge in [-0.2, -0.15) is 0 Å². The van der Waals surface area contributed by atoms with Gasteiger partial charge < -0.3 is 24.1 Å². The molecule has 1 heterocycles. The fourth-order valence-electron chi connectivity index (χ4n) is 3.43. The number of methoxy groups -OCH3 is 2. The lowest BCUT2D eigenvalue weighted by atomic mass is 9.82. The number of aromatic nitrogens is 1. The summed E-state index contributed by atoms with van der Waals surface area (Å²) in [5.41, 5.74) is -0.841. The molecule has 0 spiro atoms. The van der Waals surface area contributed by atoms with Gasteiger partial charge in [0.15, 0.2) is 23.5 Å². The molecule has 1 amide bonds. The minimum Gasteiger partial charge on any atom is -0.487 e. The lowest BCUT2D eigenvalue weighted by Gasteiger charge is -2.25. The van der Waals surface area contributed by atoms with E-state index in [1.807, 2.05) is 13.8 Å². The Bertz CT molecular complexity index is 1090. The number of unbranched alkanes of at least 4 members (excludes halogenated alkanes) is 1. The number of rotatable bonds is 14. The number of hydrogen-bond acceptors (Lipinski definition) is 6. The molecular weight excluding hydrogens is 467 g/mol. The molecule has 0 bridgehead atoms. The van der Waals surface area contributed by atoms with Crippen LogP contribution in [-0.4, -0.2) is 43.4 Å². The third kappa shape index (κ3) is 7.24. The van der Waals surface area contributed by atoms with Gasteiger partial charge in [0.25, 0.3) is 5.91 Å². The maximum absolute atomic E-state index is 13.5. The van der Waals surface area contributed by atoms with Gasteiger partial charge in [0.1, 0.15) is 5.82 Å². The highest BCUT2D eigenvalue weighted by Gasteiger charge is 2.33. The lowest BCUT2D eigenvalue weighted by molar-refractivity contribution is -0.111. The maximum atomic E-state index is 13.5. The van der Waals surface area contributed by atoms with E-state index in [9.17, 15) is 18.8 Å². The van der Waals surface area contributed by atoms with E-state index in [1.165, 1.54) is 37.1 Å². The van der Waals surface area contributed by atoms with E-state index in [0.717, 1.165) is 6.42 Å². The van der Waals surface area contributed by atoms with Gasteiger partial charge in [-0.15, -0.1) is 0 Å². The summed E-state index contributed by atoms with van der Waals surface area (Å²) < 4.78 is 31.2. The van der Waals surface area contributed by atoms with Crippen molar-refractivity contribution in [3.8, 4) is 5.75 Å². The maximum Gasteiger partial charge on any atom is 0.272 e. The molecule has 0 saturated carbocycles. The molecular formula is C27H37FN2O6. The Hall–Kier alpha value is -3.04. The van der Waals surface area contributed by atoms with E-state index >= 15 is 0 Å². The molecule has 0 aliphatic carbocycles. The monoisotopic (exact) mass is 504 g/mol. The van der Waals surface area contributed by atoms with Crippen LogP contribution in [0.25, 0.3) is 0 Å². The highest BCUT2D eigenvalue weighted by molar-refractivity contribution is 6.02. The summed E-state index contributed by atoms with van der Waals surface area (Å²) in [5.74, 6) is -1.49. The van der Waals surface area contributed by atoms with E-state index in [-0.39, 0.29) is 48.3 Å². The van der Waals surface area contributed by atoms with Gasteiger partial charge in [0.05, 0.1) is 18.7 Å². The topological polar surface area (TPSA) is 95.9 Å². The summed E-state index contributed by atoms with van der Waals surface area (Å²) in [7, 11) is 2.91. The predicted molar refractivity (Wildman–Crippen MR) is 135 cm³/mol. The molecule has 1 N–H and O–H groups in total. The highest BCUT2D eigenvalue weighted by atomic mass is 19.1. The number of nitrogens with one attached hydrogen (secondary N) is 1. The van der Waals surface area contributed by atoms with Gasteiger partial charge >= 0.3 is 0 Å². The van der Waals surface area contributed by atoms with Crippen molar-refractivity contribution in [2.24, 2.45) is 5.41 Å². The third-order valence-electron chi connectivity index (χ3n) is 6.18. The molecule has 1 aromatic carbocycles. The molecule has 36 heavy (non-hydrogen) atoms. The van der Waals surface area contributed by atoms with Crippen LogP contribution in [0.15, 0.2) is 35.3 Å². The fraction of sp³-hybridized carbons (Fsp3) is 0.519. The molecule has 8 nitrogen and oxygen atoms in total. The summed E-state index contributed by atoms with van der Waals surface area (Å²) in [5, 5.41) is 2.76. The van der Waals surface area contributed by atoms with Gasteiger partial charge in [-0.3, -0.25) is 14.4 Å². The van der Waals surface area contributed by atoms with Crippen molar-refractivity contribution < 1.29 is 28.2 Å². The fourth-order valence-corrected chi connectivity index (χ4v) is 3.43. The zero-order valence-corrected chi connectivity index (χ0v) is 22.0. The number of ketones is 1. The number of carbonyl (C=O) groups is 2. The number of ether oxygens (including phenoxy) is 3. The number of Topliss-reactive ketones (excluding diaryl/α,β-unsaturated/α-hetero) is 1. The number of benzene rings is 1. The first-order valence-corrected chi connectivity index (χ1v) is 12.1. The van der Waals surface area contributed by atoms with Crippen LogP contribution >= 0.6 is 0 Å². The van der Waals surface area contributed by atoms with Crippen LogP contribution in [-0.2, 0) is 22.6 Å². The largest absolute Gasteiger partial charge is 0.487 e. The Kier molecular flexibility index (Phi) is 10.8. The minimum atomic E-state index is -0.786. The minimum absolute atomic E-state index is 0.0313. The van der Waals surface area contributed by atoms with Crippen molar-refractivity contribution in [1.29, 1.82) is 0 Å². The normalized spacial score (nSPS) is 11.6. The predicted octanol–water partition coefficient (Wildman–Crippen LogP) is 4.33. The van der Waals surface area contributed by atoms with Crippen LogP contribution in [0.4, 0.5) is 4.39 Å². The Morgan fingerprint density at radius 3 is 2.31 bits per heavy atom. The summed E-state index contributed by atoms with van der Waals surface area (Å²) in [4.78, 5) is 40.3. The summed E-state index contributed by atoms with van der Waals surface area (Å²) >= 11 is 0. The van der Waals surface area contributed by atoms with Crippen LogP contribution in [0.3, 0.4) is 0 Å². The molecule has 198 valence electrons. The van der Waals surface area contributed by atoms with E-state index in [0.29, 0.717) is 18.4 Å². The first-order valence-electron chi connectivity index (χ1n) is 12.1. The van der Waals surface area contributed by atoms with Gasteiger partial charge in [0.2, 0.25) is 5.43 Å². The number of nitrogens with zero attached hydrogens (tertiary/aromatic N) is 1. The van der Waals surface area contributed by atoms with E-state index in [4.69, 9.17) is 14.2 Å².